The highest BCUT2D eigenvalue weighted by molar-refractivity contribution is 5.94. The number of carbonyl (C=O) groups excluding carboxylic acids is 1. The van der Waals surface area contributed by atoms with E-state index in [1.807, 2.05) is 37.3 Å². The van der Waals surface area contributed by atoms with Crippen LogP contribution in [0.3, 0.4) is 0 Å². The van der Waals surface area contributed by atoms with Gasteiger partial charge in [-0.2, -0.15) is 5.10 Å². The normalized spacial score (nSPS) is 10.8. The summed E-state index contributed by atoms with van der Waals surface area (Å²) in [6.45, 7) is 2.10. The van der Waals surface area contributed by atoms with Gasteiger partial charge in [-0.05, 0) is 67.6 Å². The lowest BCUT2D eigenvalue weighted by molar-refractivity contribution is 0.0711. The van der Waals surface area contributed by atoms with Crippen LogP contribution < -0.4 is 9.47 Å². The minimum atomic E-state index is -0.589. The van der Waals surface area contributed by atoms with Crippen LogP contribution in [0.15, 0.2) is 102 Å². The summed E-state index contributed by atoms with van der Waals surface area (Å²) in [5, 5.41) is 4.74. The van der Waals surface area contributed by atoms with E-state index in [-0.39, 0.29) is 18.7 Å². The number of benzene rings is 3. The Balaban J connectivity index is 1.57. The fraction of sp³-hybridized carbons (Fsp3) is 0.133. The largest absolute Gasteiger partial charge is 0.497 e. The van der Waals surface area contributed by atoms with Gasteiger partial charge in [-0.3, -0.25) is 4.79 Å². The number of amides is 1. The number of nitrogens with zero attached hydrogens (tertiary/aromatic N) is 3. The van der Waals surface area contributed by atoms with Crippen LogP contribution in [-0.2, 0) is 13.1 Å². The van der Waals surface area contributed by atoms with Crippen molar-refractivity contribution in [3.05, 3.63) is 126 Å². The molecule has 0 aliphatic heterocycles. The fourth-order valence-corrected chi connectivity index (χ4v) is 4.11. The van der Waals surface area contributed by atoms with Gasteiger partial charge in [0.1, 0.15) is 23.1 Å². The van der Waals surface area contributed by atoms with Crippen molar-refractivity contribution in [3.8, 4) is 23.1 Å². The van der Waals surface area contributed by atoms with Crippen LogP contribution in [0.4, 0.5) is 4.39 Å². The van der Waals surface area contributed by atoms with E-state index < -0.39 is 11.7 Å². The first-order chi connectivity index (χ1) is 18.5. The molecule has 0 atom stereocenters. The molecule has 0 fully saturated rings. The zero-order valence-corrected chi connectivity index (χ0v) is 21.0. The number of carbonyl (C=O) groups is 1. The molecule has 0 aliphatic rings. The molecule has 1 amide bonds. The molecule has 0 aliphatic carbocycles. The number of aryl methyl sites for hydroxylation is 1. The highest BCUT2D eigenvalue weighted by Gasteiger charge is 2.26. The van der Waals surface area contributed by atoms with E-state index in [9.17, 15) is 9.18 Å². The molecule has 0 saturated heterocycles. The van der Waals surface area contributed by atoms with Crippen molar-refractivity contribution in [1.29, 1.82) is 0 Å². The number of hydrogen-bond acceptors (Lipinski definition) is 5. The van der Waals surface area contributed by atoms with Gasteiger partial charge in [0.05, 0.1) is 49.0 Å². The van der Waals surface area contributed by atoms with Crippen molar-refractivity contribution in [2.24, 2.45) is 0 Å². The van der Waals surface area contributed by atoms with E-state index >= 15 is 0 Å². The average molecular weight is 512 g/mol. The minimum absolute atomic E-state index is 0.0233. The van der Waals surface area contributed by atoms with Gasteiger partial charge in [-0.1, -0.05) is 30.3 Å². The Morgan fingerprint density at radius 1 is 0.921 bits per heavy atom. The molecule has 2 aromatic heterocycles. The van der Waals surface area contributed by atoms with E-state index in [1.165, 1.54) is 23.3 Å². The molecule has 5 aromatic rings. The SMILES string of the molecule is COc1ccc(Oc2c(CN(Cc3ccco3)C(=O)c3ccccc3F)c(C)nn2-c2ccccc2)cc1. The van der Waals surface area contributed by atoms with E-state index in [0.717, 1.165) is 5.69 Å². The Morgan fingerprint density at radius 2 is 1.63 bits per heavy atom. The zero-order chi connectivity index (χ0) is 26.5. The maximum absolute atomic E-state index is 14.6. The molecule has 2 heterocycles. The van der Waals surface area contributed by atoms with Gasteiger partial charge < -0.3 is 18.8 Å². The number of hydrogen-bond donors (Lipinski definition) is 0. The number of methoxy groups -OCH3 is 1. The van der Waals surface area contributed by atoms with Crippen molar-refractivity contribution in [3.63, 3.8) is 0 Å². The maximum Gasteiger partial charge on any atom is 0.257 e. The average Bonchev–Trinajstić information content (AvgIpc) is 3.57. The predicted octanol–water partition coefficient (Wildman–Crippen LogP) is 6.56. The van der Waals surface area contributed by atoms with E-state index in [0.29, 0.717) is 34.4 Å². The van der Waals surface area contributed by atoms with Crippen molar-refractivity contribution in [1.82, 2.24) is 14.7 Å². The maximum atomic E-state index is 14.6. The smallest absolute Gasteiger partial charge is 0.257 e. The Labute approximate surface area is 219 Å². The number of rotatable bonds is 9. The fourth-order valence-electron chi connectivity index (χ4n) is 4.11. The number of furan rings is 1. The summed E-state index contributed by atoms with van der Waals surface area (Å²) in [5.41, 5.74) is 2.12. The molecular formula is C30H26FN3O4. The van der Waals surface area contributed by atoms with Gasteiger partial charge in [0, 0.05) is 0 Å². The van der Waals surface area contributed by atoms with Crippen molar-refractivity contribution in [2.45, 2.75) is 20.0 Å². The Kier molecular flexibility index (Phi) is 7.21. The monoisotopic (exact) mass is 511 g/mol. The summed E-state index contributed by atoms with van der Waals surface area (Å²) < 4.78 is 33.5. The predicted molar refractivity (Wildman–Crippen MR) is 140 cm³/mol. The topological polar surface area (TPSA) is 69.7 Å². The van der Waals surface area contributed by atoms with Crippen LogP contribution in [0.25, 0.3) is 5.69 Å². The van der Waals surface area contributed by atoms with Gasteiger partial charge in [-0.15, -0.1) is 0 Å². The Morgan fingerprint density at radius 3 is 2.32 bits per heavy atom. The molecule has 0 unspecified atom stereocenters. The van der Waals surface area contributed by atoms with Crippen LogP contribution in [0.1, 0.15) is 27.4 Å². The third kappa shape index (κ3) is 5.29. The highest BCUT2D eigenvalue weighted by atomic mass is 19.1. The standard InChI is InChI=1S/C30H26FN3O4/c1-21-27(20-33(19-25-11-8-18-37-25)29(35)26-12-6-7-13-28(26)31)30(34(32-21)22-9-4-3-5-10-22)38-24-16-14-23(36-2)15-17-24/h3-18H,19-20H2,1-2H3. The first-order valence-electron chi connectivity index (χ1n) is 12.1. The molecule has 0 bridgehead atoms. The quantitative estimate of drug-likeness (QED) is 0.224. The number of aromatic nitrogens is 2. The molecule has 5 rings (SSSR count). The van der Waals surface area contributed by atoms with Crippen LogP contribution in [-0.4, -0.2) is 27.7 Å². The van der Waals surface area contributed by atoms with E-state index in [1.54, 1.807) is 60.3 Å². The van der Waals surface area contributed by atoms with Crippen LogP contribution in [0.2, 0.25) is 0 Å². The molecular weight excluding hydrogens is 485 g/mol. The third-order valence-corrected chi connectivity index (χ3v) is 6.08. The molecule has 8 heteroatoms. The van der Waals surface area contributed by atoms with E-state index in [2.05, 4.69) is 0 Å². The van der Waals surface area contributed by atoms with Gasteiger partial charge in [0.2, 0.25) is 5.88 Å². The number of para-hydroxylation sites is 1. The summed E-state index contributed by atoms with van der Waals surface area (Å²) in [4.78, 5) is 15.1. The second-order valence-electron chi connectivity index (χ2n) is 8.61. The van der Waals surface area contributed by atoms with Gasteiger partial charge in [-0.25, -0.2) is 9.07 Å². The second-order valence-corrected chi connectivity index (χ2v) is 8.61. The van der Waals surface area contributed by atoms with Gasteiger partial charge in [0.15, 0.2) is 0 Å². The highest BCUT2D eigenvalue weighted by Crippen LogP contribution is 2.33. The van der Waals surface area contributed by atoms with Gasteiger partial charge >= 0.3 is 0 Å². The number of halogens is 1. The molecule has 3 aromatic carbocycles. The second kappa shape index (κ2) is 11.0. The molecule has 0 spiro atoms. The van der Waals surface area contributed by atoms with Gasteiger partial charge in [0.25, 0.3) is 5.91 Å². The zero-order valence-electron chi connectivity index (χ0n) is 21.0. The first-order valence-corrected chi connectivity index (χ1v) is 12.1. The summed E-state index contributed by atoms with van der Waals surface area (Å²) in [7, 11) is 1.60. The number of ether oxygens (including phenoxy) is 2. The van der Waals surface area contributed by atoms with E-state index in [4.69, 9.17) is 19.0 Å². The third-order valence-electron chi connectivity index (χ3n) is 6.08. The Hall–Kier alpha value is -4.85. The van der Waals surface area contributed by atoms with Crippen molar-refractivity contribution in [2.75, 3.05) is 7.11 Å². The summed E-state index contributed by atoms with van der Waals surface area (Å²) in [6, 6.07) is 26.2. The summed E-state index contributed by atoms with van der Waals surface area (Å²) in [5.74, 6) is 1.23. The van der Waals surface area contributed by atoms with Crippen LogP contribution in [0, 0.1) is 12.7 Å². The molecule has 38 heavy (non-hydrogen) atoms. The van der Waals surface area contributed by atoms with Crippen molar-refractivity contribution < 1.29 is 23.1 Å². The lowest BCUT2D eigenvalue weighted by atomic mass is 10.1. The molecule has 0 N–H and O–H groups in total. The molecule has 7 nitrogen and oxygen atoms in total. The Bertz CT molecular complexity index is 1510. The summed E-state index contributed by atoms with van der Waals surface area (Å²) in [6.07, 6.45) is 1.54. The van der Waals surface area contributed by atoms with Crippen LogP contribution in [0.5, 0.6) is 17.4 Å². The summed E-state index contributed by atoms with van der Waals surface area (Å²) >= 11 is 0. The lowest BCUT2D eigenvalue weighted by Gasteiger charge is -2.23. The minimum Gasteiger partial charge on any atom is -0.497 e. The first kappa shape index (κ1) is 24.8. The lowest BCUT2D eigenvalue weighted by Crippen LogP contribution is -2.31. The molecule has 0 radical (unpaired) electrons. The molecule has 0 saturated carbocycles. The van der Waals surface area contributed by atoms with Crippen molar-refractivity contribution >= 4 is 5.91 Å². The molecule has 192 valence electrons. The van der Waals surface area contributed by atoms with Crippen LogP contribution >= 0.6 is 0 Å².